The lowest BCUT2D eigenvalue weighted by molar-refractivity contribution is -0.384. The Kier molecular flexibility index (Phi) is 3.45. The molecule has 1 atom stereocenters. The monoisotopic (exact) mass is 249 g/mol. The van der Waals surface area contributed by atoms with Crippen LogP contribution in [0.15, 0.2) is 22.6 Å². The van der Waals surface area contributed by atoms with Crippen molar-refractivity contribution >= 4 is 22.8 Å². The van der Waals surface area contributed by atoms with E-state index in [4.69, 9.17) is 4.42 Å². The van der Waals surface area contributed by atoms with E-state index in [9.17, 15) is 10.1 Å². The van der Waals surface area contributed by atoms with Crippen molar-refractivity contribution in [3.63, 3.8) is 0 Å². The summed E-state index contributed by atoms with van der Waals surface area (Å²) >= 11 is 0. The summed E-state index contributed by atoms with van der Waals surface area (Å²) in [5.41, 5.74) is 1.06. The fraction of sp³-hybridized carbons (Fsp3) is 0.417. The fourth-order valence-electron chi connectivity index (χ4n) is 1.81. The number of nitro groups is 1. The fourth-order valence-corrected chi connectivity index (χ4v) is 1.81. The summed E-state index contributed by atoms with van der Waals surface area (Å²) in [6.45, 7) is 4.15. The zero-order valence-electron chi connectivity index (χ0n) is 10.3. The number of nitro benzene ring substituents is 1. The molecule has 0 aliphatic rings. The number of oxazole rings is 1. The number of fused-ring (bicyclic) bond motifs is 1. The number of nitrogens with one attached hydrogen (secondary N) is 1. The van der Waals surface area contributed by atoms with E-state index in [0.29, 0.717) is 17.1 Å². The largest absolute Gasteiger partial charge is 0.424 e. The molecule has 1 unspecified atom stereocenters. The molecule has 0 saturated heterocycles. The molecule has 18 heavy (non-hydrogen) atoms. The maximum absolute atomic E-state index is 10.6. The van der Waals surface area contributed by atoms with Gasteiger partial charge in [0.1, 0.15) is 5.52 Å². The summed E-state index contributed by atoms with van der Waals surface area (Å²) in [6, 6.07) is 5.06. The van der Waals surface area contributed by atoms with E-state index in [-0.39, 0.29) is 11.7 Å². The molecule has 96 valence electrons. The maximum Gasteiger partial charge on any atom is 0.295 e. The first kappa shape index (κ1) is 12.3. The van der Waals surface area contributed by atoms with Crippen LogP contribution in [-0.4, -0.2) is 15.9 Å². The molecule has 0 bridgehead atoms. The van der Waals surface area contributed by atoms with Gasteiger partial charge in [-0.05, 0) is 19.4 Å². The van der Waals surface area contributed by atoms with E-state index in [1.165, 1.54) is 12.1 Å². The van der Waals surface area contributed by atoms with Gasteiger partial charge in [0, 0.05) is 18.2 Å². The molecule has 1 heterocycles. The number of nitrogens with zero attached hydrogens (tertiary/aromatic N) is 2. The van der Waals surface area contributed by atoms with Crippen LogP contribution in [0.25, 0.3) is 11.1 Å². The number of anilines is 1. The van der Waals surface area contributed by atoms with Crippen LogP contribution in [-0.2, 0) is 0 Å². The molecule has 0 saturated carbocycles. The molecule has 1 aromatic heterocycles. The lowest BCUT2D eigenvalue weighted by Gasteiger charge is -2.09. The topological polar surface area (TPSA) is 81.2 Å². The van der Waals surface area contributed by atoms with Crippen LogP contribution >= 0.6 is 0 Å². The number of aromatic nitrogens is 1. The Morgan fingerprint density at radius 3 is 3.00 bits per heavy atom. The van der Waals surface area contributed by atoms with Gasteiger partial charge in [-0.15, -0.1) is 0 Å². The average molecular weight is 249 g/mol. The highest BCUT2D eigenvalue weighted by Crippen LogP contribution is 2.24. The number of non-ortho nitro benzene ring substituents is 1. The molecule has 1 N–H and O–H groups in total. The summed E-state index contributed by atoms with van der Waals surface area (Å²) < 4.78 is 5.47. The van der Waals surface area contributed by atoms with Crippen LogP contribution < -0.4 is 5.32 Å². The highest BCUT2D eigenvalue weighted by atomic mass is 16.6. The van der Waals surface area contributed by atoms with Gasteiger partial charge in [-0.2, -0.15) is 4.98 Å². The molecule has 6 nitrogen and oxygen atoms in total. The van der Waals surface area contributed by atoms with E-state index in [1.54, 1.807) is 6.07 Å². The van der Waals surface area contributed by atoms with Gasteiger partial charge in [0.25, 0.3) is 11.7 Å². The average Bonchev–Trinajstić information content (AvgIpc) is 2.69. The lowest BCUT2D eigenvalue weighted by Crippen LogP contribution is -2.14. The van der Waals surface area contributed by atoms with Gasteiger partial charge in [0.05, 0.1) is 4.92 Å². The number of hydrogen-bond acceptors (Lipinski definition) is 5. The predicted molar refractivity (Wildman–Crippen MR) is 68.7 cm³/mol. The van der Waals surface area contributed by atoms with Crippen molar-refractivity contribution in [3.8, 4) is 0 Å². The number of hydrogen-bond donors (Lipinski definition) is 1. The first-order valence-corrected chi connectivity index (χ1v) is 5.91. The van der Waals surface area contributed by atoms with Gasteiger partial charge in [-0.25, -0.2) is 0 Å². The zero-order chi connectivity index (χ0) is 13.1. The molecule has 0 aliphatic heterocycles. The predicted octanol–water partition coefficient (Wildman–Crippen LogP) is 3.34. The third-order valence-corrected chi connectivity index (χ3v) is 2.67. The Hall–Kier alpha value is -2.11. The van der Waals surface area contributed by atoms with Crippen molar-refractivity contribution in [3.05, 3.63) is 28.3 Å². The quantitative estimate of drug-likeness (QED) is 0.649. The van der Waals surface area contributed by atoms with E-state index in [2.05, 4.69) is 17.2 Å². The van der Waals surface area contributed by atoms with Crippen LogP contribution in [0.4, 0.5) is 11.7 Å². The van der Waals surface area contributed by atoms with Gasteiger partial charge in [0.15, 0.2) is 5.58 Å². The standard InChI is InChI=1S/C12H15N3O3/c1-3-4-8(2)13-12-14-10-7-9(15(16)17)5-6-11(10)18-12/h5-8H,3-4H2,1-2H3,(H,13,14). The Bertz CT molecular complexity index is 565. The van der Waals surface area contributed by atoms with Crippen molar-refractivity contribution in [2.45, 2.75) is 32.7 Å². The SMILES string of the molecule is CCCC(C)Nc1nc2cc([N+](=O)[O-])ccc2o1. The summed E-state index contributed by atoms with van der Waals surface area (Å²) in [6.07, 6.45) is 2.08. The van der Waals surface area contributed by atoms with E-state index in [0.717, 1.165) is 12.8 Å². The molecule has 6 heteroatoms. The third-order valence-electron chi connectivity index (χ3n) is 2.67. The number of rotatable bonds is 5. The van der Waals surface area contributed by atoms with E-state index in [1.807, 2.05) is 6.92 Å². The Morgan fingerprint density at radius 1 is 1.56 bits per heavy atom. The third kappa shape index (κ3) is 2.58. The Balaban J connectivity index is 2.24. The van der Waals surface area contributed by atoms with E-state index >= 15 is 0 Å². The van der Waals surface area contributed by atoms with Gasteiger partial charge < -0.3 is 9.73 Å². The normalized spacial score (nSPS) is 12.6. The van der Waals surface area contributed by atoms with Crippen molar-refractivity contribution in [1.82, 2.24) is 4.98 Å². The molecular formula is C12H15N3O3. The highest BCUT2D eigenvalue weighted by molar-refractivity contribution is 5.77. The first-order valence-electron chi connectivity index (χ1n) is 5.91. The smallest absolute Gasteiger partial charge is 0.295 e. The maximum atomic E-state index is 10.6. The molecule has 0 amide bonds. The first-order chi connectivity index (χ1) is 8.60. The minimum atomic E-state index is -0.444. The molecule has 1 aromatic carbocycles. The van der Waals surface area contributed by atoms with Crippen LogP contribution in [0.5, 0.6) is 0 Å². The van der Waals surface area contributed by atoms with Crippen molar-refractivity contribution in [2.75, 3.05) is 5.32 Å². The Labute approximate surface area is 104 Å². The van der Waals surface area contributed by atoms with Crippen LogP contribution in [0.3, 0.4) is 0 Å². The van der Waals surface area contributed by atoms with Crippen LogP contribution in [0.1, 0.15) is 26.7 Å². The van der Waals surface area contributed by atoms with Gasteiger partial charge in [0.2, 0.25) is 0 Å². The molecule has 0 radical (unpaired) electrons. The second kappa shape index (κ2) is 5.03. The van der Waals surface area contributed by atoms with Crippen molar-refractivity contribution in [2.24, 2.45) is 0 Å². The second-order valence-corrected chi connectivity index (χ2v) is 4.26. The summed E-state index contributed by atoms with van der Waals surface area (Å²) in [4.78, 5) is 14.4. The molecule has 2 rings (SSSR count). The minimum absolute atomic E-state index is 0.0176. The molecule has 2 aromatic rings. The van der Waals surface area contributed by atoms with Gasteiger partial charge in [-0.1, -0.05) is 13.3 Å². The lowest BCUT2D eigenvalue weighted by atomic mass is 10.2. The van der Waals surface area contributed by atoms with Crippen LogP contribution in [0.2, 0.25) is 0 Å². The summed E-state index contributed by atoms with van der Waals surface area (Å²) in [5, 5.41) is 13.8. The highest BCUT2D eigenvalue weighted by Gasteiger charge is 2.12. The molecule has 0 fully saturated rings. The zero-order valence-corrected chi connectivity index (χ0v) is 10.3. The minimum Gasteiger partial charge on any atom is -0.424 e. The molecular weight excluding hydrogens is 234 g/mol. The van der Waals surface area contributed by atoms with Gasteiger partial charge >= 0.3 is 0 Å². The van der Waals surface area contributed by atoms with Crippen molar-refractivity contribution in [1.29, 1.82) is 0 Å². The van der Waals surface area contributed by atoms with Gasteiger partial charge in [-0.3, -0.25) is 10.1 Å². The summed E-state index contributed by atoms with van der Waals surface area (Å²) in [5.74, 6) is 0. The van der Waals surface area contributed by atoms with E-state index < -0.39 is 4.92 Å². The number of benzene rings is 1. The van der Waals surface area contributed by atoms with Crippen molar-refractivity contribution < 1.29 is 9.34 Å². The summed E-state index contributed by atoms with van der Waals surface area (Å²) in [7, 11) is 0. The second-order valence-electron chi connectivity index (χ2n) is 4.26. The van der Waals surface area contributed by atoms with Crippen LogP contribution in [0, 0.1) is 10.1 Å². The Morgan fingerprint density at radius 2 is 2.33 bits per heavy atom. The molecule has 0 aliphatic carbocycles. The molecule has 0 spiro atoms.